The Bertz CT molecular complexity index is 663. The van der Waals surface area contributed by atoms with Gasteiger partial charge >= 0.3 is 12.4 Å². The van der Waals surface area contributed by atoms with E-state index in [1.54, 1.807) is 0 Å². The molecular weight excluding hydrogens is 340 g/mol. The van der Waals surface area contributed by atoms with Crippen molar-refractivity contribution < 1.29 is 31.4 Å². The van der Waals surface area contributed by atoms with Crippen LogP contribution >= 0.6 is 0 Å². The number of pyridine rings is 1. The smallest absolute Gasteiger partial charge is 0.393 e. The highest BCUT2D eigenvalue weighted by molar-refractivity contribution is 5.51. The molecule has 10 heteroatoms. The summed E-state index contributed by atoms with van der Waals surface area (Å²) in [4.78, 5) is 4.48. The molecule has 1 aliphatic carbocycles. The van der Waals surface area contributed by atoms with Gasteiger partial charge in [0.2, 0.25) is 0 Å². The zero-order chi connectivity index (χ0) is 17.9. The van der Waals surface area contributed by atoms with Gasteiger partial charge in [0.25, 0.3) is 0 Å². The molecule has 1 aromatic heterocycles. The molecule has 1 saturated heterocycles. The van der Waals surface area contributed by atoms with Gasteiger partial charge in [-0.15, -0.1) is 0 Å². The van der Waals surface area contributed by atoms with E-state index in [0.717, 1.165) is 0 Å². The number of hydrogen-bond donors (Lipinski definition) is 1. The number of fused-ring (bicyclic) bond motifs is 2. The Balaban J connectivity index is 2.10. The van der Waals surface area contributed by atoms with Gasteiger partial charge in [-0.05, 0) is 25.0 Å². The van der Waals surface area contributed by atoms with Gasteiger partial charge in [0.1, 0.15) is 17.6 Å². The van der Waals surface area contributed by atoms with Crippen LogP contribution in [0.5, 0.6) is 0 Å². The lowest BCUT2D eigenvalue weighted by molar-refractivity contribution is -0.145. The summed E-state index contributed by atoms with van der Waals surface area (Å²) in [7, 11) is 0. The highest BCUT2D eigenvalue weighted by atomic mass is 19.4. The van der Waals surface area contributed by atoms with Crippen molar-refractivity contribution in [3.63, 3.8) is 0 Å². The third kappa shape index (κ3) is 2.66. The van der Waals surface area contributed by atoms with E-state index in [0.29, 0.717) is 12.5 Å². The predicted molar refractivity (Wildman–Crippen MR) is 68.6 cm³/mol. The minimum atomic E-state index is -5.05. The Morgan fingerprint density at radius 3 is 2.33 bits per heavy atom. The van der Waals surface area contributed by atoms with Crippen molar-refractivity contribution in [1.29, 1.82) is 5.26 Å². The van der Waals surface area contributed by atoms with E-state index in [1.165, 1.54) is 4.90 Å². The number of halogens is 6. The van der Waals surface area contributed by atoms with E-state index < -0.39 is 53.5 Å². The normalized spacial score (nSPS) is 29.8. The third-order valence-corrected chi connectivity index (χ3v) is 4.48. The van der Waals surface area contributed by atoms with Crippen LogP contribution in [0.3, 0.4) is 0 Å². The molecule has 0 aromatic carbocycles. The fourth-order valence-corrected chi connectivity index (χ4v) is 3.47. The summed E-state index contributed by atoms with van der Waals surface area (Å²) in [6.45, 7) is 0. The molecule has 1 N–H and O–H groups in total. The van der Waals surface area contributed by atoms with Crippen molar-refractivity contribution in [2.24, 2.45) is 5.92 Å². The van der Waals surface area contributed by atoms with Crippen LogP contribution in [0.2, 0.25) is 0 Å². The number of anilines is 1. The van der Waals surface area contributed by atoms with Gasteiger partial charge in [-0.2, -0.15) is 31.6 Å². The van der Waals surface area contributed by atoms with Gasteiger partial charge in [0.15, 0.2) is 0 Å². The molecule has 3 rings (SSSR count). The Kier molecular flexibility index (Phi) is 3.67. The van der Waals surface area contributed by atoms with Crippen molar-refractivity contribution in [2.45, 2.75) is 43.4 Å². The number of aliphatic hydroxyl groups is 1. The fraction of sp³-hybridized carbons (Fsp3) is 0.571. The molecule has 0 unspecified atom stereocenters. The summed E-state index contributed by atoms with van der Waals surface area (Å²) in [6.07, 6.45) is -10.3. The van der Waals surface area contributed by atoms with Crippen LogP contribution < -0.4 is 4.90 Å². The van der Waals surface area contributed by atoms with E-state index in [-0.39, 0.29) is 12.5 Å². The van der Waals surface area contributed by atoms with Gasteiger partial charge in [0, 0.05) is 12.0 Å². The molecular formula is C14H11F6N3O. The zero-order valence-electron chi connectivity index (χ0n) is 11.9. The fourth-order valence-electron chi connectivity index (χ4n) is 3.47. The standard InChI is InChI=1S/C14H11F6N3O/c15-13(16,17)6-1-11(14(18,19)20)22-12(2-6)23-7-3-8(9(23)5-21)10(24)4-7/h1-2,7-10,24H,3-4H2/t7-,8-,9+,10+/m0/s1. The zero-order valence-corrected chi connectivity index (χ0v) is 11.9. The van der Waals surface area contributed by atoms with Crippen LogP contribution in [0.25, 0.3) is 0 Å². The van der Waals surface area contributed by atoms with Gasteiger partial charge in [-0.3, -0.25) is 0 Å². The first-order valence-electron chi connectivity index (χ1n) is 7.05. The van der Waals surface area contributed by atoms with Gasteiger partial charge in [0.05, 0.1) is 17.7 Å². The van der Waals surface area contributed by atoms with Crippen LogP contribution in [-0.2, 0) is 12.4 Å². The van der Waals surface area contributed by atoms with E-state index in [2.05, 4.69) is 4.98 Å². The Hall–Kier alpha value is -2.02. The van der Waals surface area contributed by atoms with Gasteiger partial charge < -0.3 is 10.0 Å². The van der Waals surface area contributed by atoms with E-state index in [9.17, 15) is 36.7 Å². The minimum Gasteiger partial charge on any atom is -0.393 e. The molecule has 2 heterocycles. The number of aromatic nitrogens is 1. The molecule has 1 aromatic rings. The maximum Gasteiger partial charge on any atom is 0.433 e. The summed E-state index contributed by atoms with van der Waals surface area (Å²) in [6, 6.07) is 0.816. The molecule has 0 amide bonds. The molecule has 0 spiro atoms. The second-order valence-corrected chi connectivity index (χ2v) is 5.93. The maximum absolute atomic E-state index is 12.9. The van der Waals surface area contributed by atoms with Crippen molar-refractivity contribution in [1.82, 2.24) is 4.98 Å². The molecule has 2 fully saturated rings. The molecule has 2 bridgehead atoms. The highest BCUT2D eigenvalue weighted by Crippen LogP contribution is 2.46. The van der Waals surface area contributed by atoms with Crippen molar-refractivity contribution in [3.05, 3.63) is 23.4 Å². The number of piperidine rings is 1. The highest BCUT2D eigenvalue weighted by Gasteiger charge is 2.52. The van der Waals surface area contributed by atoms with Crippen molar-refractivity contribution in [2.75, 3.05) is 4.90 Å². The molecule has 2 aliphatic rings. The monoisotopic (exact) mass is 351 g/mol. The number of alkyl halides is 6. The molecule has 24 heavy (non-hydrogen) atoms. The number of aliphatic hydroxyl groups excluding tert-OH is 1. The van der Waals surface area contributed by atoms with Crippen molar-refractivity contribution in [3.8, 4) is 6.07 Å². The molecule has 1 saturated carbocycles. The SMILES string of the molecule is N#C[C@@H]1[C@@H]2C[C@@H](C[C@H]2O)N1c1cc(C(F)(F)F)cc(C(F)(F)F)n1. The lowest BCUT2D eigenvalue weighted by Crippen LogP contribution is -2.45. The van der Waals surface area contributed by atoms with E-state index in [1.807, 2.05) is 6.07 Å². The summed E-state index contributed by atoms with van der Waals surface area (Å²) in [5.74, 6) is -1.05. The van der Waals surface area contributed by atoms with Crippen LogP contribution in [-0.4, -0.2) is 28.3 Å². The van der Waals surface area contributed by atoms with E-state index >= 15 is 0 Å². The quantitative estimate of drug-likeness (QED) is 0.791. The first-order valence-corrected chi connectivity index (χ1v) is 7.05. The van der Waals surface area contributed by atoms with Crippen LogP contribution in [0.1, 0.15) is 24.1 Å². The first-order chi connectivity index (χ1) is 11.0. The third-order valence-electron chi connectivity index (χ3n) is 4.48. The summed E-state index contributed by atoms with van der Waals surface area (Å²) < 4.78 is 77.5. The molecule has 1 aliphatic heterocycles. The van der Waals surface area contributed by atoms with Crippen LogP contribution in [0.4, 0.5) is 32.2 Å². The topological polar surface area (TPSA) is 60.1 Å². The average molecular weight is 351 g/mol. The number of nitrogens with zero attached hydrogens (tertiary/aromatic N) is 3. The van der Waals surface area contributed by atoms with Crippen LogP contribution in [0.15, 0.2) is 12.1 Å². The van der Waals surface area contributed by atoms with Crippen LogP contribution in [0, 0.1) is 17.2 Å². The Labute approximate surface area is 132 Å². The average Bonchev–Trinajstić information content (AvgIpc) is 3.01. The van der Waals surface area contributed by atoms with E-state index in [4.69, 9.17) is 0 Å². The maximum atomic E-state index is 12.9. The largest absolute Gasteiger partial charge is 0.433 e. The molecule has 0 radical (unpaired) electrons. The lowest BCUT2D eigenvalue weighted by atomic mass is 9.97. The molecule has 130 valence electrons. The predicted octanol–water partition coefficient (Wildman–Crippen LogP) is 2.97. The number of hydrogen-bond acceptors (Lipinski definition) is 4. The second-order valence-electron chi connectivity index (χ2n) is 5.93. The number of rotatable bonds is 1. The summed E-state index contributed by atoms with van der Waals surface area (Å²) in [5, 5.41) is 19.0. The Morgan fingerprint density at radius 1 is 1.12 bits per heavy atom. The second kappa shape index (κ2) is 5.24. The van der Waals surface area contributed by atoms with Crippen molar-refractivity contribution >= 4 is 5.82 Å². The lowest BCUT2D eigenvalue weighted by Gasteiger charge is -2.35. The first kappa shape index (κ1) is 16.8. The minimum absolute atomic E-state index is 0.0476. The molecule has 4 atom stereocenters. The summed E-state index contributed by atoms with van der Waals surface area (Å²) >= 11 is 0. The van der Waals surface area contributed by atoms with Gasteiger partial charge in [-0.25, -0.2) is 4.98 Å². The van der Waals surface area contributed by atoms with Gasteiger partial charge in [-0.1, -0.05) is 0 Å². The summed E-state index contributed by atoms with van der Waals surface area (Å²) in [5.41, 5.74) is -3.13. The molecule has 4 nitrogen and oxygen atoms in total. The Morgan fingerprint density at radius 2 is 1.79 bits per heavy atom. The number of nitriles is 1.